The van der Waals surface area contributed by atoms with Crippen LogP contribution in [0.1, 0.15) is 18.9 Å². The average molecular weight is 322 g/mol. The maximum absolute atomic E-state index is 10.5. The van der Waals surface area contributed by atoms with E-state index in [9.17, 15) is 4.79 Å². The second-order valence-electron chi connectivity index (χ2n) is 4.62. The number of aliphatic carboxylic acids is 1. The topological polar surface area (TPSA) is 40.5 Å². The number of hydrogen-bond acceptors (Lipinski definition) is 2. The Morgan fingerprint density at radius 2 is 2.26 bits per heavy atom. The molecule has 0 saturated carbocycles. The monoisotopic (exact) mass is 321 g/mol. The van der Waals surface area contributed by atoms with Crippen LogP contribution in [0.2, 0.25) is 0 Å². The molecule has 0 unspecified atom stereocenters. The smallest absolute Gasteiger partial charge is 0.328 e. The van der Waals surface area contributed by atoms with Crippen LogP contribution in [0.4, 0.5) is 5.69 Å². The molecule has 1 N–H and O–H groups in total. The van der Waals surface area contributed by atoms with Gasteiger partial charge in [-0.15, -0.1) is 0 Å². The number of carboxylic acids is 1. The number of carboxylic acid groups (broad SMARTS) is 1. The lowest BCUT2D eigenvalue weighted by molar-refractivity contribution is -0.131. The highest BCUT2D eigenvalue weighted by atomic mass is 79.9. The summed E-state index contributed by atoms with van der Waals surface area (Å²) in [6.45, 7) is 4.12. The first-order chi connectivity index (χ1) is 9.06. The summed E-state index contributed by atoms with van der Waals surface area (Å²) in [6.07, 6.45) is 6.08. The minimum atomic E-state index is -0.937. The summed E-state index contributed by atoms with van der Waals surface area (Å²) in [5.74, 6) is -0.937. The first-order valence-corrected chi connectivity index (χ1v) is 6.96. The molecule has 3 nitrogen and oxygen atoms in total. The zero-order chi connectivity index (χ0) is 13.8. The predicted molar refractivity (Wildman–Crippen MR) is 81.4 cm³/mol. The molecule has 1 aromatic carbocycles. The lowest BCUT2D eigenvalue weighted by Gasteiger charge is -2.27. The van der Waals surface area contributed by atoms with E-state index in [1.165, 1.54) is 5.57 Å². The summed E-state index contributed by atoms with van der Waals surface area (Å²) in [4.78, 5) is 12.8. The molecule has 4 heteroatoms. The van der Waals surface area contributed by atoms with E-state index in [1.807, 2.05) is 18.2 Å². The molecule has 0 spiro atoms. The number of carbonyl (C=O) groups is 1. The SMILES string of the molecule is CC1=CCN(c2ccc(/C=C/C(=O)O)c(Br)c2)CC1. The molecule has 0 amide bonds. The van der Waals surface area contributed by atoms with Gasteiger partial charge in [0.25, 0.3) is 0 Å². The van der Waals surface area contributed by atoms with Gasteiger partial charge in [-0.2, -0.15) is 0 Å². The Bertz CT molecular complexity index is 549. The van der Waals surface area contributed by atoms with E-state index in [2.05, 4.69) is 33.8 Å². The Kier molecular flexibility index (Phi) is 4.43. The van der Waals surface area contributed by atoms with Gasteiger partial charge in [-0.25, -0.2) is 4.79 Å². The lowest BCUT2D eigenvalue weighted by atomic mass is 10.1. The van der Waals surface area contributed by atoms with Gasteiger partial charge in [-0.3, -0.25) is 0 Å². The number of hydrogen-bond donors (Lipinski definition) is 1. The third-order valence-electron chi connectivity index (χ3n) is 3.19. The maximum atomic E-state index is 10.5. The molecule has 0 saturated heterocycles. The van der Waals surface area contributed by atoms with Crippen LogP contribution in [-0.4, -0.2) is 24.2 Å². The number of benzene rings is 1. The molecule has 19 heavy (non-hydrogen) atoms. The molecule has 1 aliphatic heterocycles. The highest BCUT2D eigenvalue weighted by Gasteiger charge is 2.11. The van der Waals surface area contributed by atoms with Gasteiger partial charge in [-0.1, -0.05) is 33.6 Å². The molecule has 0 aliphatic carbocycles. The third kappa shape index (κ3) is 3.70. The van der Waals surface area contributed by atoms with E-state index in [-0.39, 0.29) is 0 Å². The van der Waals surface area contributed by atoms with Crippen LogP contribution in [0.5, 0.6) is 0 Å². The summed E-state index contributed by atoms with van der Waals surface area (Å²) in [5.41, 5.74) is 3.47. The standard InChI is InChI=1S/C15H16BrNO2/c1-11-6-8-17(9-7-11)13-4-2-12(14(16)10-13)3-5-15(18)19/h2-6,10H,7-9H2,1H3,(H,18,19)/b5-3+. The van der Waals surface area contributed by atoms with Crippen molar-refractivity contribution in [3.05, 3.63) is 46.0 Å². The van der Waals surface area contributed by atoms with Gasteiger partial charge in [0.05, 0.1) is 0 Å². The molecule has 1 aliphatic rings. The summed E-state index contributed by atoms with van der Waals surface area (Å²) in [7, 11) is 0. The summed E-state index contributed by atoms with van der Waals surface area (Å²) < 4.78 is 0.911. The Balaban J connectivity index is 2.17. The van der Waals surface area contributed by atoms with E-state index in [0.717, 1.165) is 41.3 Å². The van der Waals surface area contributed by atoms with Crippen molar-refractivity contribution in [1.82, 2.24) is 0 Å². The van der Waals surface area contributed by atoms with Crippen LogP contribution < -0.4 is 4.90 Å². The van der Waals surface area contributed by atoms with E-state index >= 15 is 0 Å². The van der Waals surface area contributed by atoms with E-state index in [4.69, 9.17) is 5.11 Å². The van der Waals surface area contributed by atoms with Crippen molar-refractivity contribution >= 4 is 33.7 Å². The molecular weight excluding hydrogens is 306 g/mol. The summed E-state index contributed by atoms with van der Waals surface area (Å²) in [5, 5.41) is 8.63. The van der Waals surface area contributed by atoms with Crippen molar-refractivity contribution in [3.63, 3.8) is 0 Å². The average Bonchev–Trinajstić information content (AvgIpc) is 2.38. The fourth-order valence-electron chi connectivity index (χ4n) is 2.01. The fraction of sp³-hybridized carbons (Fsp3) is 0.267. The van der Waals surface area contributed by atoms with E-state index in [1.54, 1.807) is 6.08 Å². The quantitative estimate of drug-likeness (QED) is 0.681. The Morgan fingerprint density at radius 3 is 2.84 bits per heavy atom. The second-order valence-corrected chi connectivity index (χ2v) is 5.48. The highest BCUT2D eigenvalue weighted by Crippen LogP contribution is 2.27. The van der Waals surface area contributed by atoms with Crippen molar-refractivity contribution in [2.24, 2.45) is 0 Å². The third-order valence-corrected chi connectivity index (χ3v) is 3.88. The van der Waals surface area contributed by atoms with Crippen LogP contribution in [-0.2, 0) is 4.79 Å². The van der Waals surface area contributed by atoms with E-state index < -0.39 is 5.97 Å². The minimum absolute atomic E-state index is 0.870. The number of nitrogens with zero attached hydrogens (tertiary/aromatic N) is 1. The van der Waals surface area contributed by atoms with Crippen molar-refractivity contribution < 1.29 is 9.90 Å². The first-order valence-electron chi connectivity index (χ1n) is 6.17. The first kappa shape index (κ1) is 13.9. The van der Waals surface area contributed by atoms with Crippen molar-refractivity contribution in [3.8, 4) is 0 Å². The van der Waals surface area contributed by atoms with Crippen LogP contribution in [0.15, 0.2) is 40.4 Å². The van der Waals surface area contributed by atoms with Crippen LogP contribution >= 0.6 is 15.9 Å². The van der Waals surface area contributed by atoms with Gasteiger partial charge in [0.2, 0.25) is 0 Å². The number of anilines is 1. The van der Waals surface area contributed by atoms with Gasteiger partial charge in [-0.05, 0) is 37.1 Å². The molecular formula is C15H16BrNO2. The van der Waals surface area contributed by atoms with Crippen LogP contribution in [0.3, 0.4) is 0 Å². The molecule has 0 aromatic heterocycles. The maximum Gasteiger partial charge on any atom is 0.328 e. The second kappa shape index (κ2) is 6.06. The highest BCUT2D eigenvalue weighted by molar-refractivity contribution is 9.10. The molecule has 0 radical (unpaired) electrons. The molecule has 1 heterocycles. The fourth-order valence-corrected chi connectivity index (χ4v) is 2.51. The predicted octanol–water partition coefficient (Wildman–Crippen LogP) is 3.70. The van der Waals surface area contributed by atoms with Crippen molar-refractivity contribution in [2.45, 2.75) is 13.3 Å². The van der Waals surface area contributed by atoms with Gasteiger partial charge >= 0.3 is 5.97 Å². The summed E-state index contributed by atoms with van der Waals surface area (Å²) >= 11 is 3.49. The molecule has 1 aromatic rings. The molecule has 2 rings (SSSR count). The van der Waals surface area contributed by atoms with Gasteiger partial charge in [0, 0.05) is 29.3 Å². The Hall–Kier alpha value is -1.55. The van der Waals surface area contributed by atoms with Crippen molar-refractivity contribution in [1.29, 1.82) is 0 Å². The molecule has 0 atom stereocenters. The van der Waals surface area contributed by atoms with E-state index in [0.29, 0.717) is 0 Å². The molecule has 0 fully saturated rings. The zero-order valence-corrected chi connectivity index (χ0v) is 12.4. The Labute approximate surface area is 121 Å². The minimum Gasteiger partial charge on any atom is -0.478 e. The largest absolute Gasteiger partial charge is 0.478 e. The van der Waals surface area contributed by atoms with Gasteiger partial charge in [0.15, 0.2) is 0 Å². The normalized spacial score (nSPS) is 15.7. The van der Waals surface area contributed by atoms with Gasteiger partial charge < -0.3 is 10.0 Å². The van der Waals surface area contributed by atoms with Gasteiger partial charge in [0.1, 0.15) is 0 Å². The summed E-state index contributed by atoms with van der Waals surface area (Å²) in [6, 6.07) is 6.00. The lowest BCUT2D eigenvalue weighted by Crippen LogP contribution is -2.27. The molecule has 0 bridgehead atoms. The molecule has 100 valence electrons. The number of halogens is 1. The number of rotatable bonds is 3. The van der Waals surface area contributed by atoms with Crippen molar-refractivity contribution in [2.75, 3.05) is 18.0 Å². The zero-order valence-electron chi connectivity index (χ0n) is 10.8. The Morgan fingerprint density at radius 1 is 1.47 bits per heavy atom. The van der Waals surface area contributed by atoms with Crippen LogP contribution in [0, 0.1) is 0 Å². The van der Waals surface area contributed by atoms with Crippen LogP contribution in [0.25, 0.3) is 6.08 Å².